The Balaban J connectivity index is 1.77. The molecule has 0 atom stereocenters. The monoisotopic (exact) mass is 445 g/mol. The first-order chi connectivity index (χ1) is 14.2. The second-order valence-corrected chi connectivity index (χ2v) is 7.94. The molecule has 6 nitrogen and oxygen atoms in total. The minimum absolute atomic E-state index is 0.0690. The van der Waals surface area contributed by atoms with Gasteiger partial charge in [0.1, 0.15) is 0 Å². The molecule has 1 heterocycles. The van der Waals surface area contributed by atoms with Crippen LogP contribution in [-0.4, -0.2) is 26.8 Å². The number of hydrogen-bond donors (Lipinski definition) is 2. The topological polar surface area (TPSA) is 84.2 Å². The number of amides is 1. The molecule has 0 saturated heterocycles. The lowest BCUT2D eigenvalue weighted by atomic mass is 10.1. The third-order valence-corrected chi connectivity index (χ3v) is 5.51. The van der Waals surface area contributed by atoms with Crippen LogP contribution in [-0.2, 0) is 17.8 Å². The van der Waals surface area contributed by atoms with E-state index in [4.69, 9.17) is 28.3 Å². The molecule has 0 fully saturated rings. The smallest absolute Gasteiger partial charge is 0.307 e. The number of aryl methyl sites for hydroxylation is 2. The van der Waals surface area contributed by atoms with E-state index < -0.39 is 5.97 Å². The zero-order chi connectivity index (χ0) is 22.0. The van der Waals surface area contributed by atoms with E-state index in [0.29, 0.717) is 39.1 Å². The number of carboxylic acid groups (broad SMARTS) is 1. The number of halogens is 2. The molecule has 1 amide bonds. The number of benzene rings is 2. The molecule has 0 bridgehead atoms. The molecule has 156 valence electrons. The van der Waals surface area contributed by atoms with Crippen molar-refractivity contribution < 1.29 is 14.7 Å². The van der Waals surface area contributed by atoms with Crippen LogP contribution in [0.2, 0.25) is 10.0 Å². The number of carboxylic acids is 1. The third kappa shape index (κ3) is 4.83. The van der Waals surface area contributed by atoms with E-state index in [9.17, 15) is 9.59 Å². The maximum absolute atomic E-state index is 12.5. The molecule has 0 saturated carbocycles. The minimum Gasteiger partial charge on any atom is -0.481 e. The highest BCUT2D eigenvalue weighted by atomic mass is 35.5. The van der Waals surface area contributed by atoms with Gasteiger partial charge in [0.2, 0.25) is 0 Å². The van der Waals surface area contributed by atoms with Crippen molar-refractivity contribution in [1.82, 2.24) is 9.78 Å². The Labute approximate surface area is 184 Å². The molecule has 0 spiro atoms. The largest absolute Gasteiger partial charge is 0.481 e. The molecule has 0 aliphatic carbocycles. The van der Waals surface area contributed by atoms with Crippen molar-refractivity contribution in [2.45, 2.75) is 33.7 Å². The van der Waals surface area contributed by atoms with E-state index >= 15 is 0 Å². The van der Waals surface area contributed by atoms with Gasteiger partial charge >= 0.3 is 5.97 Å². The summed E-state index contributed by atoms with van der Waals surface area (Å²) in [7, 11) is 0. The number of aromatic nitrogens is 2. The Morgan fingerprint density at radius 2 is 1.83 bits per heavy atom. The Morgan fingerprint density at radius 1 is 1.10 bits per heavy atom. The second-order valence-electron chi connectivity index (χ2n) is 7.10. The SMILES string of the molecule is Cc1cc(Cl)ccc1C(=O)Nc1ccc(Cn2nc(C)c(CC(=O)O)c2C)c(Cl)c1. The predicted molar refractivity (Wildman–Crippen MR) is 118 cm³/mol. The van der Waals surface area contributed by atoms with Gasteiger partial charge in [0.15, 0.2) is 0 Å². The van der Waals surface area contributed by atoms with Crippen LogP contribution in [0.15, 0.2) is 36.4 Å². The van der Waals surface area contributed by atoms with E-state index in [-0.39, 0.29) is 12.3 Å². The maximum Gasteiger partial charge on any atom is 0.307 e. The Morgan fingerprint density at radius 3 is 2.47 bits per heavy atom. The molecule has 0 aliphatic heterocycles. The van der Waals surface area contributed by atoms with Gasteiger partial charge in [0, 0.05) is 32.6 Å². The fourth-order valence-corrected chi connectivity index (χ4v) is 3.76. The number of aliphatic carboxylic acids is 1. The first-order valence-corrected chi connectivity index (χ1v) is 10.0. The quantitative estimate of drug-likeness (QED) is 0.556. The Hall–Kier alpha value is -2.83. The molecule has 3 rings (SSSR count). The first kappa shape index (κ1) is 21.9. The van der Waals surface area contributed by atoms with E-state index in [1.165, 1.54) is 0 Å². The number of rotatable bonds is 6. The number of carbonyl (C=O) groups excluding carboxylic acids is 1. The van der Waals surface area contributed by atoms with Crippen molar-refractivity contribution in [3.05, 3.63) is 80.1 Å². The molecular formula is C22H21Cl2N3O3. The highest BCUT2D eigenvalue weighted by molar-refractivity contribution is 6.32. The van der Waals surface area contributed by atoms with Crippen LogP contribution in [0.25, 0.3) is 0 Å². The van der Waals surface area contributed by atoms with Gasteiger partial charge in [-0.15, -0.1) is 0 Å². The first-order valence-electron chi connectivity index (χ1n) is 9.26. The molecule has 3 aromatic rings. The summed E-state index contributed by atoms with van der Waals surface area (Å²) in [6.07, 6.45) is -0.0690. The Bertz CT molecular complexity index is 1140. The second kappa shape index (κ2) is 8.90. The molecule has 1 aromatic heterocycles. The van der Waals surface area contributed by atoms with E-state index in [0.717, 1.165) is 16.8 Å². The lowest BCUT2D eigenvalue weighted by Gasteiger charge is -2.11. The number of nitrogens with zero attached hydrogens (tertiary/aromatic N) is 2. The highest BCUT2D eigenvalue weighted by Gasteiger charge is 2.16. The van der Waals surface area contributed by atoms with Gasteiger partial charge in [0.05, 0.1) is 18.7 Å². The zero-order valence-electron chi connectivity index (χ0n) is 16.8. The van der Waals surface area contributed by atoms with E-state index in [1.54, 1.807) is 41.9 Å². The van der Waals surface area contributed by atoms with Crippen LogP contribution in [0.1, 0.15) is 38.4 Å². The highest BCUT2D eigenvalue weighted by Crippen LogP contribution is 2.24. The molecular weight excluding hydrogens is 425 g/mol. The predicted octanol–water partition coefficient (Wildman–Crippen LogP) is 5.04. The standard InChI is InChI=1S/C22H21Cl2N3O3/c1-12-8-16(23)5-7-18(12)22(30)25-17-6-4-15(20(24)9-17)11-27-14(3)19(10-21(28)29)13(2)26-27/h4-9H,10-11H2,1-3H3,(H,25,30)(H,28,29). The van der Waals surface area contributed by atoms with Crippen molar-refractivity contribution in [2.75, 3.05) is 5.32 Å². The molecule has 0 unspecified atom stereocenters. The maximum atomic E-state index is 12.5. The van der Waals surface area contributed by atoms with E-state index in [1.807, 2.05) is 19.9 Å². The van der Waals surface area contributed by atoms with Crippen LogP contribution in [0.4, 0.5) is 5.69 Å². The Kier molecular flexibility index (Phi) is 6.48. The number of hydrogen-bond acceptors (Lipinski definition) is 3. The summed E-state index contributed by atoms with van der Waals surface area (Å²) < 4.78 is 1.74. The van der Waals surface area contributed by atoms with Gasteiger partial charge in [-0.2, -0.15) is 5.10 Å². The normalized spacial score (nSPS) is 10.8. The van der Waals surface area contributed by atoms with Gasteiger partial charge in [-0.25, -0.2) is 0 Å². The summed E-state index contributed by atoms with van der Waals surface area (Å²) in [6, 6.07) is 10.4. The van der Waals surface area contributed by atoms with Crippen LogP contribution >= 0.6 is 23.2 Å². The lowest BCUT2D eigenvalue weighted by Crippen LogP contribution is -2.13. The van der Waals surface area contributed by atoms with Crippen molar-refractivity contribution in [3.63, 3.8) is 0 Å². The fourth-order valence-electron chi connectivity index (χ4n) is 3.29. The third-order valence-electron chi connectivity index (χ3n) is 4.92. The minimum atomic E-state index is -0.894. The average Bonchev–Trinajstić information content (AvgIpc) is 2.91. The molecule has 0 radical (unpaired) electrons. The molecule has 8 heteroatoms. The van der Waals surface area contributed by atoms with Crippen molar-refractivity contribution in [3.8, 4) is 0 Å². The van der Waals surface area contributed by atoms with Crippen molar-refractivity contribution >= 4 is 40.8 Å². The van der Waals surface area contributed by atoms with Crippen LogP contribution in [0.3, 0.4) is 0 Å². The number of nitrogens with one attached hydrogen (secondary N) is 1. The summed E-state index contributed by atoms with van der Waals surface area (Å²) in [5.41, 5.74) is 4.89. The summed E-state index contributed by atoms with van der Waals surface area (Å²) >= 11 is 12.4. The van der Waals surface area contributed by atoms with Gasteiger partial charge < -0.3 is 10.4 Å². The summed E-state index contributed by atoms with van der Waals surface area (Å²) in [6.45, 7) is 5.86. The van der Waals surface area contributed by atoms with Crippen LogP contribution < -0.4 is 5.32 Å². The van der Waals surface area contributed by atoms with Gasteiger partial charge in [-0.1, -0.05) is 29.3 Å². The van der Waals surface area contributed by atoms with E-state index in [2.05, 4.69) is 10.4 Å². The van der Waals surface area contributed by atoms with Gasteiger partial charge in [-0.05, 0) is 62.2 Å². The number of carbonyl (C=O) groups is 2. The molecule has 2 aromatic carbocycles. The molecule has 2 N–H and O–H groups in total. The zero-order valence-corrected chi connectivity index (χ0v) is 18.3. The van der Waals surface area contributed by atoms with Crippen LogP contribution in [0, 0.1) is 20.8 Å². The van der Waals surface area contributed by atoms with Gasteiger partial charge in [-0.3, -0.25) is 14.3 Å². The van der Waals surface area contributed by atoms with Crippen molar-refractivity contribution in [1.29, 1.82) is 0 Å². The van der Waals surface area contributed by atoms with Crippen molar-refractivity contribution in [2.24, 2.45) is 0 Å². The van der Waals surface area contributed by atoms with Crippen LogP contribution in [0.5, 0.6) is 0 Å². The summed E-state index contributed by atoms with van der Waals surface area (Å²) in [5.74, 6) is -1.14. The lowest BCUT2D eigenvalue weighted by molar-refractivity contribution is -0.136. The fraction of sp³-hybridized carbons (Fsp3) is 0.227. The average molecular weight is 446 g/mol. The summed E-state index contributed by atoms with van der Waals surface area (Å²) in [4.78, 5) is 23.6. The number of anilines is 1. The molecule has 30 heavy (non-hydrogen) atoms. The summed E-state index contributed by atoms with van der Waals surface area (Å²) in [5, 5.41) is 17.4. The molecule has 0 aliphatic rings. The van der Waals surface area contributed by atoms with Gasteiger partial charge in [0.25, 0.3) is 5.91 Å².